The summed E-state index contributed by atoms with van der Waals surface area (Å²) >= 11 is 0. The average Bonchev–Trinajstić information content (AvgIpc) is 2.61. The maximum atomic E-state index is 13.4. The van der Waals surface area contributed by atoms with Gasteiger partial charge < -0.3 is 4.74 Å². The van der Waals surface area contributed by atoms with E-state index in [2.05, 4.69) is 0 Å². The maximum absolute atomic E-state index is 13.4. The highest BCUT2D eigenvalue weighted by Crippen LogP contribution is 2.38. The van der Waals surface area contributed by atoms with Gasteiger partial charge in [-0.05, 0) is 18.9 Å². The predicted octanol–water partition coefficient (Wildman–Crippen LogP) is 3.30. The molecular formula is C11H10F3NO3. The summed E-state index contributed by atoms with van der Waals surface area (Å²) in [6, 6.07) is 2.68. The van der Waals surface area contributed by atoms with E-state index >= 15 is 0 Å². The van der Waals surface area contributed by atoms with Crippen molar-refractivity contribution in [2.45, 2.75) is 31.3 Å². The Balaban J connectivity index is 2.17. The molecule has 1 aromatic carbocycles. The summed E-state index contributed by atoms with van der Waals surface area (Å²) < 4.78 is 44.9. The molecule has 0 aromatic heterocycles. The highest BCUT2D eigenvalue weighted by Gasteiger charge is 2.46. The van der Waals surface area contributed by atoms with Crippen molar-refractivity contribution in [2.75, 3.05) is 0 Å². The standard InChI is InChI=1S/C11H10F3NO3/c12-8-6-7(15(16)17)3-4-9(8)18-10-2-1-5-11(10,13)14/h3-4,6,10H,1-2,5H2. The Bertz CT molecular complexity index is 479. The molecule has 7 heteroatoms. The lowest BCUT2D eigenvalue weighted by Crippen LogP contribution is -2.32. The van der Waals surface area contributed by atoms with Crippen LogP contribution in [0.15, 0.2) is 18.2 Å². The normalized spacial score (nSPS) is 21.8. The molecule has 0 N–H and O–H groups in total. The lowest BCUT2D eigenvalue weighted by atomic mass is 10.2. The van der Waals surface area contributed by atoms with Gasteiger partial charge in [-0.1, -0.05) is 0 Å². The summed E-state index contributed by atoms with van der Waals surface area (Å²) in [4.78, 5) is 9.62. The van der Waals surface area contributed by atoms with Crippen LogP contribution >= 0.6 is 0 Å². The van der Waals surface area contributed by atoms with Crippen molar-refractivity contribution in [3.8, 4) is 5.75 Å². The monoisotopic (exact) mass is 261 g/mol. The van der Waals surface area contributed by atoms with Gasteiger partial charge in [0.2, 0.25) is 0 Å². The van der Waals surface area contributed by atoms with Gasteiger partial charge in [-0.3, -0.25) is 10.1 Å². The minimum Gasteiger partial charge on any atom is -0.481 e. The summed E-state index contributed by atoms with van der Waals surface area (Å²) in [6.07, 6.45) is -1.20. The van der Waals surface area contributed by atoms with Gasteiger partial charge in [0.15, 0.2) is 17.7 Å². The molecule has 0 saturated heterocycles. The first-order chi connectivity index (χ1) is 8.40. The highest BCUT2D eigenvalue weighted by molar-refractivity contribution is 5.37. The summed E-state index contributed by atoms with van der Waals surface area (Å²) in [5.41, 5.74) is -0.446. The van der Waals surface area contributed by atoms with Gasteiger partial charge in [0, 0.05) is 12.5 Å². The second-order valence-corrected chi connectivity index (χ2v) is 4.13. The SMILES string of the molecule is O=[N+]([O-])c1ccc(OC2CCCC2(F)F)c(F)c1. The molecule has 0 bridgehead atoms. The van der Waals surface area contributed by atoms with E-state index in [1.165, 1.54) is 0 Å². The highest BCUT2D eigenvalue weighted by atomic mass is 19.3. The molecule has 0 aliphatic heterocycles. The number of nitro benzene ring substituents is 1. The molecule has 1 atom stereocenters. The van der Waals surface area contributed by atoms with E-state index in [9.17, 15) is 23.3 Å². The van der Waals surface area contributed by atoms with Gasteiger partial charge in [-0.25, -0.2) is 13.2 Å². The first-order valence-electron chi connectivity index (χ1n) is 5.38. The minimum atomic E-state index is -2.98. The molecule has 1 saturated carbocycles. The summed E-state index contributed by atoms with van der Waals surface area (Å²) in [5, 5.41) is 10.4. The van der Waals surface area contributed by atoms with Crippen LogP contribution in [-0.2, 0) is 0 Å². The van der Waals surface area contributed by atoms with Crippen LogP contribution in [-0.4, -0.2) is 16.9 Å². The lowest BCUT2D eigenvalue weighted by Gasteiger charge is -2.20. The summed E-state index contributed by atoms with van der Waals surface area (Å²) in [6.45, 7) is 0. The molecule has 0 radical (unpaired) electrons. The van der Waals surface area contributed by atoms with Crippen LogP contribution in [0.4, 0.5) is 18.9 Å². The summed E-state index contributed by atoms with van der Waals surface area (Å²) in [5.74, 6) is -4.37. The number of hydrogen-bond acceptors (Lipinski definition) is 3. The van der Waals surface area contributed by atoms with E-state index in [-0.39, 0.29) is 18.6 Å². The molecule has 0 heterocycles. The van der Waals surface area contributed by atoms with Crippen LogP contribution in [0.2, 0.25) is 0 Å². The summed E-state index contributed by atoms with van der Waals surface area (Å²) in [7, 11) is 0. The fourth-order valence-corrected chi connectivity index (χ4v) is 1.89. The Morgan fingerprint density at radius 3 is 2.67 bits per heavy atom. The van der Waals surface area contributed by atoms with Gasteiger partial charge >= 0.3 is 0 Å². The fourth-order valence-electron chi connectivity index (χ4n) is 1.89. The van der Waals surface area contributed by atoms with Crippen molar-refractivity contribution >= 4 is 5.69 Å². The zero-order chi connectivity index (χ0) is 13.3. The molecule has 1 aliphatic carbocycles. The number of non-ortho nitro benzene ring substituents is 1. The average molecular weight is 261 g/mol. The van der Waals surface area contributed by atoms with Gasteiger partial charge in [0.25, 0.3) is 11.6 Å². The van der Waals surface area contributed by atoms with Crippen LogP contribution in [0.3, 0.4) is 0 Å². The van der Waals surface area contributed by atoms with Crippen molar-refractivity contribution in [3.63, 3.8) is 0 Å². The van der Waals surface area contributed by atoms with Crippen LogP contribution in [0.1, 0.15) is 19.3 Å². The van der Waals surface area contributed by atoms with Crippen LogP contribution in [0.25, 0.3) is 0 Å². The maximum Gasteiger partial charge on any atom is 0.284 e. The van der Waals surface area contributed by atoms with Crippen LogP contribution in [0.5, 0.6) is 5.75 Å². The Hall–Kier alpha value is -1.79. The number of ether oxygens (including phenoxy) is 1. The second-order valence-electron chi connectivity index (χ2n) is 4.13. The third kappa shape index (κ3) is 2.39. The Kier molecular flexibility index (Phi) is 3.14. The smallest absolute Gasteiger partial charge is 0.284 e. The predicted molar refractivity (Wildman–Crippen MR) is 56.3 cm³/mol. The van der Waals surface area contributed by atoms with Crippen molar-refractivity contribution in [1.82, 2.24) is 0 Å². The number of nitro groups is 1. The van der Waals surface area contributed by atoms with Crippen LogP contribution in [0, 0.1) is 15.9 Å². The number of rotatable bonds is 3. The number of hydrogen-bond donors (Lipinski definition) is 0. The third-order valence-corrected chi connectivity index (χ3v) is 2.84. The van der Waals surface area contributed by atoms with E-state index in [0.29, 0.717) is 12.5 Å². The largest absolute Gasteiger partial charge is 0.481 e. The van der Waals surface area contributed by atoms with Crippen molar-refractivity contribution in [3.05, 3.63) is 34.1 Å². The van der Waals surface area contributed by atoms with Crippen molar-refractivity contribution in [2.24, 2.45) is 0 Å². The molecule has 1 unspecified atom stereocenters. The van der Waals surface area contributed by atoms with Gasteiger partial charge in [-0.15, -0.1) is 0 Å². The molecule has 98 valence electrons. The lowest BCUT2D eigenvalue weighted by molar-refractivity contribution is -0.385. The van der Waals surface area contributed by atoms with E-state index in [0.717, 1.165) is 12.1 Å². The van der Waals surface area contributed by atoms with Gasteiger partial charge in [0.1, 0.15) is 0 Å². The first-order valence-corrected chi connectivity index (χ1v) is 5.38. The van der Waals surface area contributed by atoms with Crippen LogP contribution < -0.4 is 4.74 Å². The number of nitrogens with zero attached hydrogens (tertiary/aromatic N) is 1. The Morgan fingerprint density at radius 2 is 2.17 bits per heavy atom. The van der Waals surface area contributed by atoms with Crippen molar-refractivity contribution < 1.29 is 22.8 Å². The number of alkyl halides is 2. The Morgan fingerprint density at radius 1 is 1.44 bits per heavy atom. The molecule has 4 nitrogen and oxygen atoms in total. The third-order valence-electron chi connectivity index (χ3n) is 2.84. The fraction of sp³-hybridized carbons (Fsp3) is 0.455. The molecule has 0 amide bonds. The molecular weight excluding hydrogens is 251 g/mol. The number of halogens is 3. The zero-order valence-corrected chi connectivity index (χ0v) is 9.24. The molecule has 1 aliphatic rings. The van der Waals surface area contributed by atoms with Gasteiger partial charge in [0.05, 0.1) is 11.0 Å². The minimum absolute atomic E-state index is 0.142. The zero-order valence-electron chi connectivity index (χ0n) is 9.24. The molecule has 18 heavy (non-hydrogen) atoms. The Labute approximate surface area is 101 Å². The van der Waals surface area contributed by atoms with Gasteiger partial charge in [-0.2, -0.15) is 0 Å². The van der Waals surface area contributed by atoms with E-state index in [1.807, 2.05) is 0 Å². The topological polar surface area (TPSA) is 52.4 Å². The molecule has 1 aromatic rings. The van der Waals surface area contributed by atoms with E-state index < -0.39 is 28.5 Å². The quantitative estimate of drug-likeness (QED) is 0.619. The molecule has 1 fully saturated rings. The van der Waals surface area contributed by atoms with Crippen molar-refractivity contribution in [1.29, 1.82) is 0 Å². The molecule has 2 rings (SSSR count). The second kappa shape index (κ2) is 4.47. The number of benzene rings is 1. The van der Waals surface area contributed by atoms with E-state index in [1.54, 1.807) is 0 Å². The first kappa shape index (κ1) is 12.7. The molecule has 0 spiro atoms. The van der Waals surface area contributed by atoms with E-state index in [4.69, 9.17) is 4.74 Å².